The maximum atomic E-state index is 11.5. The lowest BCUT2D eigenvalue weighted by Crippen LogP contribution is -2.31. The lowest BCUT2D eigenvalue weighted by molar-refractivity contribution is 0.0945. The summed E-state index contributed by atoms with van der Waals surface area (Å²) >= 11 is 0. The topological polar surface area (TPSA) is 49.3 Å². The van der Waals surface area contributed by atoms with E-state index >= 15 is 0 Å². The number of fused-ring (bicyclic) bond motifs is 1. The van der Waals surface area contributed by atoms with Crippen LogP contribution >= 0.6 is 0 Å². The zero-order chi connectivity index (χ0) is 10.1. The molecule has 3 heteroatoms. The van der Waals surface area contributed by atoms with Crippen LogP contribution in [0.2, 0.25) is 0 Å². The van der Waals surface area contributed by atoms with Crippen LogP contribution in [-0.2, 0) is 6.42 Å². The first-order valence-electron chi connectivity index (χ1n) is 4.77. The Balaban J connectivity index is 2.46. The minimum Gasteiger partial charge on any atom is -0.389 e. The Bertz CT molecular complexity index is 372. The van der Waals surface area contributed by atoms with Crippen molar-refractivity contribution in [3.63, 3.8) is 0 Å². The van der Waals surface area contributed by atoms with E-state index in [1.165, 1.54) is 0 Å². The average molecular weight is 191 g/mol. The van der Waals surface area contributed by atoms with Gasteiger partial charge in [-0.15, -0.1) is 0 Å². The van der Waals surface area contributed by atoms with Crippen molar-refractivity contribution in [3.8, 4) is 0 Å². The summed E-state index contributed by atoms with van der Waals surface area (Å²) in [6, 6.07) is 5.58. The Morgan fingerprint density at radius 1 is 1.50 bits per heavy atom. The molecule has 0 fully saturated rings. The van der Waals surface area contributed by atoms with Crippen LogP contribution in [0.4, 0.5) is 0 Å². The van der Waals surface area contributed by atoms with Crippen LogP contribution in [-0.4, -0.2) is 17.6 Å². The predicted molar refractivity (Wildman–Crippen MR) is 53.1 cm³/mol. The van der Waals surface area contributed by atoms with E-state index in [4.69, 9.17) is 0 Å². The number of rotatable bonds is 1. The largest absolute Gasteiger partial charge is 0.389 e. The van der Waals surface area contributed by atoms with Gasteiger partial charge in [0.2, 0.25) is 0 Å². The quantitative estimate of drug-likeness (QED) is 0.696. The zero-order valence-electron chi connectivity index (χ0n) is 8.08. The van der Waals surface area contributed by atoms with Gasteiger partial charge in [0.25, 0.3) is 5.91 Å². The fraction of sp³-hybridized carbons (Fsp3) is 0.364. The highest BCUT2D eigenvalue weighted by atomic mass is 16.3. The lowest BCUT2D eigenvalue weighted by Gasteiger charge is -2.17. The van der Waals surface area contributed by atoms with Crippen molar-refractivity contribution in [2.75, 3.05) is 6.54 Å². The fourth-order valence-electron chi connectivity index (χ4n) is 1.69. The molecule has 74 valence electrons. The minimum absolute atomic E-state index is 0.0336. The maximum Gasteiger partial charge on any atom is 0.251 e. The van der Waals surface area contributed by atoms with Crippen molar-refractivity contribution in [2.45, 2.75) is 19.4 Å². The molecular weight excluding hydrogens is 178 g/mol. The van der Waals surface area contributed by atoms with E-state index in [-0.39, 0.29) is 5.91 Å². The Hall–Kier alpha value is -1.35. The highest BCUT2D eigenvalue weighted by molar-refractivity contribution is 5.96. The van der Waals surface area contributed by atoms with Crippen LogP contribution in [0.25, 0.3) is 0 Å². The Labute approximate surface area is 82.8 Å². The monoisotopic (exact) mass is 191 g/mol. The van der Waals surface area contributed by atoms with E-state index in [2.05, 4.69) is 5.32 Å². The zero-order valence-corrected chi connectivity index (χ0v) is 8.08. The number of aliphatic hydroxyl groups excluding tert-OH is 1. The molecule has 0 bridgehead atoms. The molecule has 1 atom stereocenters. The molecule has 1 heterocycles. The standard InChI is InChI=1S/C11H13NO2/c1-7(13)9-3-2-8-4-5-12-11(14)10(8)6-9/h2-3,6-7,13H,4-5H2,1H3,(H,12,14)/t7-/m1/s1. The average Bonchev–Trinajstić information content (AvgIpc) is 2.18. The molecule has 0 saturated carbocycles. The first kappa shape index (κ1) is 9.21. The van der Waals surface area contributed by atoms with Crippen molar-refractivity contribution in [3.05, 3.63) is 34.9 Å². The van der Waals surface area contributed by atoms with E-state index in [0.29, 0.717) is 12.1 Å². The number of nitrogens with one attached hydrogen (secondary N) is 1. The molecule has 2 N–H and O–H groups in total. The third kappa shape index (κ3) is 1.51. The van der Waals surface area contributed by atoms with Crippen LogP contribution in [0.3, 0.4) is 0 Å². The van der Waals surface area contributed by atoms with Crippen molar-refractivity contribution < 1.29 is 9.90 Å². The first-order chi connectivity index (χ1) is 6.68. The fourth-order valence-corrected chi connectivity index (χ4v) is 1.69. The highest BCUT2D eigenvalue weighted by Crippen LogP contribution is 2.19. The van der Waals surface area contributed by atoms with Gasteiger partial charge in [-0.2, -0.15) is 0 Å². The first-order valence-corrected chi connectivity index (χ1v) is 4.77. The number of hydrogen-bond acceptors (Lipinski definition) is 2. The number of carbonyl (C=O) groups excluding carboxylic acids is 1. The summed E-state index contributed by atoms with van der Waals surface area (Å²) in [4.78, 5) is 11.5. The number of aliphatic hydroxyl groups is 1. The van der Waals surface area contributed by atoms with Crippen LogP contribution in [0, 0.1) is 0 Å². The van der Waals surface area contributed by atoms with Crippen LogP contribution in [0.5, 0.6) is 0 Å². The smallest absolute Gasteiger partial charge is 0.251 e. The minimum atomic E-state index is -0.518. The van der Waals surface area contributed by atoms with Crippen LogP contribution in [0.15, 0.2) is 18.2 Å². The van der Waals surface area contributed by atoms with Gasteiger partial charge in [0.15, 0.2) is 0 Å². The van der Waals surface area contributed by atoms with Crippen molar-refractivity contribution in [1.82, 2.24) is 5.32 Å². The summed E-state index contributed by atoms with van der Waals surface area (Å²) in [6.07, 6.45) is 0.358. The van der Waals surface area contributed by atoms with E-state index in [1.54, 1.807) is 13.0 Å². The van der Waals surface area contributed by atoms with Gasteiger partial charge < -0.3 is 10.4 Å². The summed E-state index contributed by atoms with van der Waals surface area (Å²) in [5.74, 6) is -0.0336. The van der Waals surface area contributed by atoms with Gasteiger partial charge in [-0.25, -0.2) is 0 Å². The molecule has 1 aromatic carbocycles. The summed E-state index contributed by atoms with van der Waals surface area (Å²) in [5, 5.41) is 12.2. The van der Waals surface area contributed by atoms with Gasteiger partial charge in [0.1, 0.15) is 0 Å². The molecule has 0 radical (unpaired) electrons. The van der Waals surface area contributed by atoms with Gasteiger partial charge in [0.05, 0.1) is 6.10 Å². The maximum absolute atomic E-state index is 11.5. The molecule has 14 heavy (non-hydrogen) atoms. The van der Waals surface area contributed by atoms with Gasteiger partial charge in [-0.3, -0.25) is 4.79 Å². The molecule has 1 amide bonds. The third-order valence-corrected chi connectivity index (χ3v) is 2.54. The SMILES string of the molecule is C[C@@H](O)c1ccc2c(c1)C(=O)NCC2. The molecule has 1 aromatic rings. The van der Waals surface area contributed by atoms with Gasteiger partial charge in [-0.05, 0) is 30.5 Å². The Morgan fingerprint density at radius 2 is 2.29 bits per heavy atom. The van der Waals surface area contributed by atoms with Gasteiger partial charge in [0, 0.05) is 12.1 Å². The molecule has 1 aliphatic rings. The molecule has 1 aliphatic heterocycles. The molecule has 0 spiro atoms. The summed E-state index contributed by atoms with van der Waals surface area (Å²) in [7, 11) is 0. The van der Waals surface area contributed by atoms with E-state index in [1.807, 2.05) is 12.1 Å². The Kier molecular flexibility index (Phi) is 2.25. The molecule has 2 rings (SSSR count). The molecular formula is C11H13NO2. The van der Waals surface area contributed by atoms with Crippen molar-refractivity contribution in [1.29, 1.82) is 0 Å². The number of amides is 1. The van der Waals surface area contributed by atoms with E-state index in [0.717, 1.165) is 17.5 Å². The summed E-state index contributed by atoms with van der Waals surface area (Å²) < 4.78 is 0. The number of hydrogen-bond donors (Lipinski definition) is 2. The molecule has 0 saturated heterocycles. The highest BCUT2D eigenvalue weighted by Gasteiger charge is 2.17. The number of benzene rings is 1. The Morgan fingerprint density at radius 3 is 3.00 bits per heavy atom. The number of carbonyl (C=O) groups is 1. The van der Waals surface area contributed by atoms with E-state index < -0.39 is 6.10 Å². The van der Waals surface area contributed by atoms with Crippen LogP contribution < -0.4 is 5.32 Å². The summed E-state index contributed by atoms with van der Waals surface area (Å²) in [6.45, 7) is 2.41. The molecule has 0 unspecified atom stereocenters. The lowest BCUT2D eigenvalue weighted by atomic mass is 9.96. The molecule has 3 nitrogen and oxygen atoms in total. The third-order valence-electron chi connectivity index (χ3n) is 2.54. The van der Waals surface area contributed by atoms with Crippen molar-refractivity contribution >= 4 is 5.91 Å². The van der Waals surface area contributed by atoms with Gasteiger partial charge >= 0.3 is 0 Å². The predicted octanol–water partition coefficient (Wildman–Crippen LogP) is 1.03. The second kappa shape index (κ2) is 3.42. The second-order valence-corrected chi connectivity index (χ2v) is 3.60. The van der Waals surface area contributed by atoms with Crippen molar-refractivity contribution in [2.24, 2.45) is 0 Å². The molecule has 0 aliphatic carbocycles. The van der Waals surface area contributed by atoms with Crippen LogP contribution in [0.1, 0.15) is 34.5 Å². The normalized spacial score (nSPS) is 17.1. The van der Waals surface area contributed by atoms with Gasteiger partial charge in [-0.1, -0.05) is 12.1 Å². The molecule has 0 aromatic heterocycles. The second-order valence-electron chi connectivity index (χ2n) is 3.60. The van der Waals surface area contributed by atoms with E-state index in [9.17, 15) is 9.90 Å². The summed E-state index contributed by atoms with van der Waals surface area (Å²) in [5.41, 5.74) is 2.56.